The van der Waals surface area contributed by atoms with Crippen molar-refractivity contribution in [2.45, 2.75) is 69.0 Å². The van der Waals surface area contributed by atoms with E-state index < -0.39 is 6.04 Å². The van der Waals surface area contributed by atoms with E-state index in [-0.39, 0.29) is 17.9 Å². The standard InChI is InChI=1S/C31H35ClN2O2S/c1-23-8-7-11-25(20-23)22-34(30(35)18-19-37-28-16-14-26(32)15-17-28)29(21-24-9-3-2-4-10-24)31(36)33-27-12-5-6-13-27/h2-4,7-11,14-17,20,27,29H,5-6,12-13,18-19,21-22H2,1H3,(H,33,36)/t29-/m0/s1. The van der Waals surface area contributed by atoms with E-state index >= 15 is 0 Å². The van der Waals surface area contributed by atoms with Crippen LogP contribution in [0.3, 0.4) is 0 Å². The van der Waals surface area contributed by atoms with E-state index in [1.165, 1.54) is 0 Å². The maximum Gasteiger partial charge on any atom is 0.243 e. The zero-order valence-corrected chi connectivity index (χ0v) is 22.9. The van der Waals surface area contributed by atoms with Crippen molar-refractivity contribution in [1.82, 2.24) is 10.2 Å². The van der Waals surface area contributed by atoms with E-state index in [0.717, 1.165) is 47.3 Å². The zero-order valence-electron chi connectivity index (χ0n) is 21.4. The molecule has 0 bridgehead atoms. The number of hydrogen-bond donors (Lipinski definition) is 1. The van der Waals surface area contributed by atoms with Gasteiger partial charge in [0.2, 0.25) is 11.8 Å². The Labute approximate surface area is 229 Å². The maximum atomic E-state index is 13.8. The third-order valence-electron chi connectivity index (χ3n) is 6.81. The van der Waals surface area contributed by atoms with Crippen LogP contribution < -0.4 is 5.32 Å². The predicted molar refractivity (Wildman–Crippen MR) is 153 cm³/mol. The summed E-state index contributed by atoms with van der Waals surface area (Å²) in [6.07, 6.45) is 5.13. The fourth-order valence-electron chi connectivity index (χ4n) is 4.86. The van der Waals surface area contributed by atoms with Gasteiger partial charge in [0.1, 0.15) is 6.04 Å². The maximum absolute atomic E-state index is 13.8. The van der Waals surface area contributed by atoms with Crippen molar-refractivity contribution in [3.8, 4) is 0 Å². The van der Waals surface area contributed by atoms with E-state index in [2.05, 4.69) is 11.4 Å². The number of benzene rings is 3. The summed E-state index contributed by atoms with van der Waals surface area (Å²) < 4.78 is 0. The molecule has 0 aliphatic heterocycles. The highest BCUT2D eigenvalue weighted by Crippen LogP contribution is 2.24. The van der Waals surface area contributed by atoms with E-state index in [9.17, 15) is 9.59 Å². The molecular formula is C31H35ClN2O2S. The zero-order chi connectivity index (χ0) is 26.0. The molecule has 0 heterocycles. The van der Waals surface area contributed by atoms with Crippen LogP contribution in [0.4, 0.5) is 0 Å². The number of amides is 2. The fraction of sp³-hybridized carbons (Fsp3) is 0.355. The van der Waals surface area contributed by atoms with Crippen LogP contribution in [0.2, 0.25) is 5.02 Å². The molecule has 0 unspecified atom stereocenters. The highest BCUT2D eigenvalue weighted by Gasteiger charge is 2.32. The molecule has 1 N–H and O–H groups in total. The highest BCUT2D eigenvalue weighted by atomic mass is 35.5. The van der Waals surface area contributed by atoms with Crippen LogP contribution >= 0.6 is 23.4 Å². The molecule has 1 aliphatic carbocycles. The van der Waals surface area contributed by atoms with Crippen molar-refractivity contribution >= 4 is 35.2 Å². The quantitative estimate of drug-likeness (QED) is 0.274. The van der Waals surface area contributed by atoms with Crippen LogP contribution in [-0.4, -0.2) is 34.6 Å². The van der Waals surface area contributed by atoms with Crippen LogP contribution in [0.25, 0.3) is 0 Å². The van der Waals surface area contributed by atoms with Crippen LogP contribution in [0.15, 0.2) is 83.8 Å². The number of nitrogens with zero attached hydrogens (tertiary/aromatic N) is 1. The molecule has 3 aromatic rings. The Bertz CT molecular complexity index is 1160. The number of aryl methyl sites for hydroxylation is 1. The molecule has 4 rings (SSSR count). The minimum atomic E-state index is -0.573. The molecule has 0 radical (unpaired) electrons. The first-order valence-electron chi connectivity index (χ1n) is 13.1. The number of nitrogens with one attached hydrogen (secondary N) is 1. The average Bonchev–Trinajstić information content (AvgIpc) is 3.41. The first kappa shape index (κ1) is 27.3. The molecule has 4 nitrogen and oxygen atoms in total. The van der Waals surface area contributed by atoms with Gasteiger partial charge >= 0.3 is 0 Å². The summed E-state index contributed by atoms with van der Waals surface area (Å²) in [5.74, 6) is 0.570. The third kappa shape index (κ3) is 8.37. The van der Waals surface area contributed by atoms with Crippen LogP contribution in [-0.2, 0) is 22.6 Å². The van der Waals surface area contributed by atoms with E-state index in [0.29, 0.717) is 30.2 Å². The van der Waals surface area contributed by atoms with Crippen LogP contribution in [0.1, 0.15) is 48.8 Å². The molecule has 0 aromatic heterocycles. The summed E-state index contributed by atoms with van der Waals surface area (Å²) >= 11 is 7.64. The van der Waals surface area contributed by atoms with Gasteiger partial charge in [-0.2, -0.15) is 0 Å². The summed E-state index contributed by atoms with van der Waals surface area (Å²) in [6.45, 7) is 2.45. The summed E-state index contributed by atoms with van der Waals surface area (Å²) in [4.78, 5) is 30.3. The van der Waals surface area contributed by atoms with Gasteiger partial charge < -0.3 is 10.2 Å². The molecule has 1 atom stereocenters. The lowest BCUT2D eigenvalue weighted by Crippen LogP contribution is -2.52. The number of carbonyl (C=O) groups is 2. The van der Waals surface area contributed by atoms with Crippen molar-refractivity contribution in [2.75, 3.05) is 5.75 Å². The Balaban J connectivity index is 1.56. The number of thioether (sulfide) groups is 1. The Morgan fingerprint density at radius 3 is 2.38 bits per heavy atom. The Kier molecular flexibility index (Phi) is 10.1. The first-order chi connectivity index (χ1) is 18.0. The third-order valence-corrected chi connectivity index (χ3v) is 8.07. The van der Waals surface area contributed by atoms with Crippen molar-refractivity contribution in [2.24, 2.45) is 0 Å². The van der Waals surface area contributed by atoms with Crippen molar-refractivity contribution < 1.29 is 9.59 Å². The number of hydrogen-bond acceptors (Lipinski definition) is 3. The van der Waals surface area contributed by atoms with Crippen LogP contribution in [0.5, 0.6) is 0 Å². The molecule has 2 amide bonds. The lowest BCUT2D eigenvalue weighted by atomic mass is 10.0. The number of halogens is 1. The molecule has 6 heteroatoms. The van der Waals surface area contributed by atoms with Crippen molar-refractivity contribution in [3.63, 3.8) is 0 Å². The second-order valence-corrected chi connectivity index (χ2v) is 11.4. The SMILES string of the molecule is Cc1cccc(CN(C(=O)CCSc2ccc(Cl)cc2)[C@@H](Cc2ccccc2)C(=O)NC2CCCC2)c1. The van der Waals surface area contributed by atoms with Gasteiger partial charge in [-0.15, -0.1) is 11.8 Å². The molecule has 1 saturated carbocycles. The second-order valence-electron chi connectivity index (χ2n) is 9.76. The predicted octanol–water partition coefficient (Wildman–Crippen LogP) is 6.83. The lowest BCUT2D eigenvalue weighted by Gasteiger charge is -2.32. The van der Waals surface area contributed by atoms with E-state index in [1.807, 2.05) is 79.7 Å². The van der Waals surface area contributed by atoms with Gasteiger partial charge in [0, 0.05) is 41.1 Å². The lowest BCUT2D eigenvalue weighted by molar-refractivity contribution is -0.141. The van der Waals surface area contributed by atoms with Gasteiger partial charge in [-0.1, -0.05) is 84.6 Å². The molecule has 37 heavy (non-hydrogen) atoms. The highest BCUT2D eigenvalue weighted by molar-refractivity contribution is 7.99. The van der Waals surface area contributed by atoms with Gasteiger partial charge in [-0.25, -0.2) is 0 Å². The van der Waals surface area contributed by atoms with Gasteiger partial charge in [-0.05, 0) is 55.2 Å². The largest absolute Gasteiger partial charge is 0.352 e. The Morgan fingerprint density at radius 1 is 0.973 bits per heavy atom. The summed E-state index contributed by atoms with van der Waals surface area (Å²) in [6, 6.07) is 25.5. The summed E-state index contributed by atoms with van der Waals surface area (Å²) in [5, 5.41) is 3.96. The summed E-state index contributed by atoms with van der Waals surface area (Å²) in [5.41, 5.74) is 3.22. The first-order valence-corrected chi connectivity index (χ1v) is 14.4. The number of carbonyl (C=O) groups excluding carboxylic acids is 2. The monoisotopic (exact) mass is 534 g/mol. The molecule has 0 saturated heterocycles. The minimum absolute atomic E-state index is 0.00882. The van der Waals surface area contributed by atoms with Gasteiger partial charge in [0.05, 0.1) is 0 Å². The minimum Gasteiger partial charge on any atom is -0.352 e. The number of rotatable bonds is 11. The molecule has 194 valence electrons. The molecule has 1 aliphatic rings. The molecule has 1 fully saturated rings. The van der Waals surface area contributed by atoms with Gasteiger partial charge in [0.25, 0.3) is 0 Å². The average molecular weight is 535 g/mol. The van der Waals surface area contributed by atoms with Gasteiger partial charge in [0.15, 0.2) is 0 Å². The Hall–Kier alpha value is -2.76. The molecule has 3 aromatic carbocycles. The Morgan fingerprint density at radius 2 is 1.68 bits per heavy atom. The smallest absolute Gasteiger partial charge is 0.243 e. The van der Waals surface area contributed by atoms with E-state index in [1.54, 1.807) is 16.7 Å². The second kappa shape index (κ2) is 13.7. The van der Waals surface area contributed by atoms with E-state index in [4.69, 9.17) is 11.6 Å². The van der Waals surface area contributed by atoms with Gasteiger partial charge in [-0.3, -0.25) is 9.59 Å². The summed E-state index contributed by atoms with van der Waals surface area (Å²) in [7, 11) is 0. The topological polar surface area (TPSA) is 49.4 Å². The molecule has 0 spiro atoms. The van der Waals surface area contributed by atoms with Crippen molar-refractivity contribution in [3.05, 3.63) is 101 Å². The normalized spacial score (nSPS) is 14.3. The van der Waals surface area contributed by atoms with Crippen LogP contribution in [0, 0.1) is 6.92 Å². The van der Waals surface area contributed by atoms with Crippen molar-refractivity contribution in [1.29, 1.82) is 0 Å². The fourth-order valence-corrected chi connectivity index (χ4v) is 5.83. The molecular weight excluding hydrogens is 500 g/mol.